The Morgan fingerprint density at radius 3 is 1.44 bits per heavy atom. The lowest BCUT2D eigenvalue weighted by atomic mass is 10.1. The second kappa shape index (κ2) is 9.77. The van der Waals surface area contributed by atoms with Crippen LogP contribution in [0.4, 0.5) is 0 Å². The molecule has 18 heavy (non-hydrogen) atoms. The molecule has 0 aliphatic carbocycles. The number of rotatable bonds is 11. The summed E-state index contributed by atoms with van der Waals surface area (Å²) in [6, 6.07) is -1.71. The molecule has 0 amide bonds. The van der Waals surface area contributed by atoms with Gasteiger partial charge in [-0.3, -0.25) is 9.59 Å². The average molecular weight is 262 g/mol. The molecular formula is C10H22N4O4. The lowest BCUT2D eigenvalue weighted by molar-refractivity contribution is -0.143. The Morgan fingerprint density at radius 1 is 0.889 bits per heavy atom. The third-order valence-electron chi connectivity index (χ3n) is 2.42. The first-order chi connectivity index (χ1) is 8.52. The third kappa shape index (κ3) is 7.17. The lowest BCUT2D eigenvalue weighted by Gasteiger charge is -2.19. The minimum absolute atomic E-state index is 0.335. The van der Waals surface area contributed by atoms with Crippen molar-refractivity contribution >= 4 is 11.9 Å². The maximum absolute atomic E-state index is 10.9. The zero-order valence-corrected chi connectivity index (χ0v) is 10.3. The van der Waals surface area contributed by atoms with Crippen LogP contribution in [0.25, 0.3) is 0 Å². The van der Waals surface area contributed by atoms with Gasteiger partial charge in [0, 0.05) is 0 Å². The average Bonchev–Trinajstić information content (AvgIpc) is 2.31. The highest BCUT2D eigenvalue weighted by molar-refractivity contribution is 5.74. The van der Waals surface area contributed by atoms with Crippen molar-refractivity contribution in [1.29, 1.82) is 0 Å². The SMILES string of the molecule is NCCC[C@H](NN[C@H](CCCN)C(=O)O)C(=O)O. The van der Waals surface area contributed by atoms with E-state index in [1.165, 1.54) is 0 Å². The molecule has 0 saturated heterocycles. The fourth-order valence-electron chi connectivity index (χ4n) is 1.36. The van der Waals surface area contributed by atoms with Crippen molar-refractivity contribution < 1.29 is 19.8 Å². The van der Waals surface area contributed by atoms with E-state index in [1.807, 2.05) is 0 Å². The van der Waals surface area contributed by atoms with Gasteiger partial charge in [-0.1, -0.05) is 0 Å². The smallest absolute Gasteiger partial charge is 0.322 e. The van der Waals surface area contributed by atoms with Crippen molar-refractivity contribution in [2.75, 3.05) is 13.1 Å². The number of hydrogen-bond donors (Lipinski definition) is 6. The first-order valence-corrected chi connectivity index (χ1v) is 5.89. The van der Waals surface area contributed by atoms with Crippen LogP contribution in [-0.4, -0.2) is 47.3 Å². The fraction of sp³-hybridized carbons (Fsp3) is 0.800. The molecule has 0 bridgehead atoms. The molecule has 0 aromatic rings. The van der Waals surface area contributed by atoms with Gasteiger partial charge in [0.1, 0.15) is 12.1 Å². The summed E-state index contributed by atoms with van der Waals surface area (Å²) in [6.45, 7) is 0.780. The second-order valence-electron chi connectivity index (χ2n) is 3.93. The molecule has 0 rings (SSSR count). The zero-order chi connectivity index (χ0) is 14.0. The Labute approximate surface area is 106 Å². The number of carbonyl (C=O) groups is 2. The summed E-state index contributed by atoms with van der Waals surface area (Å²) in [5, 5.41) is 17.8. The van der Waals surface area contributed by atoms with E-state index in [-0.39, 0.29) is 0 Å². The molecule has 0 aliphatic heterocycles. The number of nitrogens with two attached hydrogens (primary N) is 2. The Bertz CT molecular complexity index is 236. The maximum atomic E-state index is 10.9. The van der Waals surface area contributed by atoms with Crippen LogP contribution >= 0.6 is 0 Å². The van der Waals surface area contributed by atoms with Gasteiger partial charge in [0.2, 0.25) is 0 Å². The van der Waals surface area contributed by atoms with E-state index in [0.29, 0.717) is 38.8 Å². The van der Waals surface area contributed by atoms with Crippen LogP contribution in [0.1, 0.15) is 25.7 Å². The van der Waals surface area contributed by atoms with Crippen LogP contribution in [0.5, 0.6) is 0 Å². The monoisotopic (exact) mass is 262 g/mol. The molecule has 0 aromatic heterocycles. The van der Waals surface area contributed by atoms with E-state index in [1.54, 1.807) is 0 Å². The summed E-state index contributed by atoms with van der Waals surface area (Å²) in [5.41, 5.74) is 15.6. The van der Waals surface area contributed by atoms with Crippen LogP contribution in [-0.2, 0) is 9.59 Å². The van der Waals surface area contributed by atoms with Gasteiger partial charge in [0.05, 0.1) is 0 Å². The molecule has 2 atom stereocenters. The second-order valence-corrected chi connectivity index (χ2v) is 3.93. The number of carboxylic acids is 2. The molecular weight excluding hydrogens is 240 g/mol. The highest BCUT2D eigenvalue weighted by Gasteiger charge is 2.21. The van der Waals surface area contributed by atoms with E-state index in [2.05, 4.69) is 10.9 Å². The molecule has 0 saturated carbocycles. The van der Waals surface area contributed by atoms with Gasteiger partial charge >= 0.3 is 11.9 Å². The van der Waals surface area contributed by atoms with Gasteiger partial charge < -0.3 is 21.7 Å². The summed E-state index contributed by atoms with van der Waals surface area (Å²) in [7, 11) is 0. The van der Waals surface area contributed by atoms with Crippen LogP contribution in [0.15, 0.2) is 0 Å². The Hall–Kier alpha value is -1.22. The van der Waals surface area contributed by atoms with Crippen molar-refractivity contribution in [2.45, 2.75) is 37.8 Å². The van der Waals surface area contributed by atoms with Crippen LogP contribution < -0.4 is 22.3 Å². The Morgan fingerprint density at radius 2 is 1.22 bits per heavy atom. The Balaban J connectivity index is 4.18. The highest BCUT2D eigenvalue weighted by atomic mass is 16.4. The molecule has 0 aliphatic rings. The first kappa shape index (κ1) is 16.8. The third-order valence-corrected chi connectivity index (χ3v) is 2.42. The number of carboxylic acid groups (broad SMARTS) is 2. The summed E-state index contributed by atoms with van der Waals surface area (Å²) >= 11 is 0. The number of hydrazine groups is 1. The van der Waals surface area contributed by atoms with E-state index >= 15 is 0 Å². The molecule has 8 N–H and O–H groups in total. The summed E-state index contributed by atoms with van der Waals surface area (Å²) in [5.74, 6) is -2.09. The maximum Gasteiger partial charge on any atom is 0.322 e. The summed E-state index contributed by atoms with van der Waals surface area (Å²) in [4.78, 5) is 21.8. The van der Waals surface area contributed by atoms with Crippen molar-refractivity contribution in [3.05, 3.63) is 0 Å². The normalized spacial score (nSPS) is 14.1. The van der Waals surface area contributed by atoms with E-state index in [9.17, 15) is 9.59 Å². The van der Waals surface area contributed by atoms with E-state index in [4.69, 9.17) is 21.7 Å². The minimum Gasteiger partial charge on any atom is -0.480 e. The number of aliphatic carboxylic acids is 2. The predicted molar refractivity (Wildman–Crippen MR) is 65.7 cm³/mol. The Kier molecular flexibility index (Phi) is 9.11. The number of nitrogens with one attached hydrogen (secondary N) is 2. The van der Waals surface area contributed by atoms with E-state index in [0.717, 1.165) is 0 Å². The van der Waals surface area contributed by atoms with Crippen molar-refractivity contribution in [2.24, 2.45) is 11.5 Å². The lowest BCUT2D eigenvalue weighted by Crippen LogP contribution is -2.52. The molecule has 0 radical (unpaired) electrons. The van der Waals surface area contributed by atoms with Gasteiger partial charge in [0.25, 0.3) is 0 Å². The molecule has 8 nitrogen and oxygen atoms in total. The topological polar surface area (TPSA) is 151 Å². The van der Waals surface area contributed by atoms with Gasteiger partial charge in [-0.25, -0.2) is 10.9 Å². The fourth-order valence-corrected chi connectivity index (χ4v) is 1.36. The standard InChI is InChI=1S/C10H22N4O4/c11-5-1-3-7(9(15)16)13-14-8(10(17)18)4-2-6-12/h7-8,13-14H,1-6,11-12H2,(H,15,16)(H,17,18)/t7-,8+. The minimum atomic E-state index is -1.04. The molecule has 0 fully saturated rings. The molecule has 0 spiro atoms. The molecule has 106 valence electrons. The molecule has 0 unspecified atom stereocenters. The van der Waals surface area contributed by atoms with E-state index < -0.39 is 24.0 Å². The van der Waals surface area contributed by atoms with Gasteiger partial charge in [-0.2, -0.15) is 0 Å². The van der Waals surface area contributed by atoms with Gasteiger partial charge in [0.15, 0.2) is 0 Å². The van der Waals surface area contributed by atoms with Crippen molar-refractivity contribution in [1.82, 2.24) is 10.9 Å². The van der Waals surface area contributed by atoms with Gasteiger partial charge in [-0.05, 0) is 38.8 Å². The largest absolute Gasteiger partial charge is 0.480 e. The molecule has 0 aromatic carbocycles. The molecule has 8 heteroatoms. The predicted octanol–water partition coefficient (Wildman–Crippen LogP) is -1.54. The number of hydrogen-bond acceptors (Lipinski definition) is 6. The van der Waals surface area contributed by atoms with Gasteiger partial charge in [-0.15, -0.1) is 0 Å². The summed E-state index contributed by atoms with van der Waals surface area (Å²) < 4.78 is 0. The van der Waals surface area contributed by atoms with Crippen molar-refractivity contribution in [3.8, 4) is 0 Å². The zero-order valence-electron chi connectivity index (χ0n) is 10.3. The highest BCUT2D eigenvalue weighted by Crippen LogP contribution is 1.98. The van der Waals surface area contributed by atoms with Crippen molar-refractivity contribution in [3.63, 3.8) is 0 Å². The summed E-state index contributed by atoms with van der Waals surface area (Å²) in [6.07, 6.45) is 1.77. The first-order valence-electron chi connectivity index (χ1n) is 5.89. The van der Waals surface area contributed by atoms with Crippen LogP contribution in [0, 0.1) is 0 Å². The van der Waals surface area contributed by atoms with Crippen LogP contribution in [0.3, 0.4) is 0 Å². The van der Waals surface area contributed by atoms with Crippen LogP contribution in [0.2, 0.25) is 0 Å². The molecule has 0 heterocycles. The quantitative estimate of drug-likeness (QED) is 0.245.